The van der Waals surface area contributed by atoms with Gasteiger partial charge in [0.1, 0.15) is 5.75 Å². The van der Waals surface area contributed by atoms with Crippen molar-refractivity contribution in [3.63, 3.8) is 0 Å². The van der Waals surface area contributed by atoms with Gasteiger partial charge in [0.25, 0.3) is 0 Å². The van der Waals surface area contributed by atoms with E-state index in [4.69, 9.17) is 9.73 Å². The monoisotopic (exact) mass is 490 g/mol. The van der Waals surface area contributed by atoms with Crippen LogP contribution < -0.4 is 15.4 Å². The summed E-state index contributed by atoms with van der Waals surface area (Å²) in [6.07, 6.45) is 1.85. The number of aryl methyl sites for hydroxylation is 1. The number of pyridine rings is 1. The molecule has 6 heteroatoms. The number of nitrogens with one attached hydrogen (secondary N) is 2. The van der Waals surface area contributed by atoms with Gasteiger partial charge in [-0.3, -0.25) is 4.98 Å². The smallest absolute Gasteiger partial charge is 0.191 e. The lowest BCUT2D eigenvalue weighted by atomic mass is 10.1. The summed E-state index contributed by atoms with van der Waals surface area (Å²) in [5, 5.41) is 9.02. The number of rotatable bonds is 6. The molecule has 1 aromatic heterocycles. The molecule has 148 valence electrons. The van der Waals surface area contributed by atoms with E-state index >= 15 is 0 Å². The Labute approximate surface area is 183 Å². The van der Waals surface area contributed by atoms with Gasteiger partial charge in [-0.2, -0.15) is 0 Å². The summed E-state index contributed by atoms with van der Waals surface area (Å²) in [5.41, 5.74) is 3.24. The van der Waals surface area contributed by atoms with Gasteiger partial charge in [-0.1, -0.05) is 36.4 Å². The Kier molecular flexibility index (Phi) is 8.50. The number of guanidine groups is 1. The molecule has 3 aromatic rings. The zero-order valence-electron chi connectivity index (χ0n) is 16.5. The zero-order chi connectivity index (χ0) is 19.1. The van der Waals surface area contributed by atoms with Crippen molar-refractivity contribution in [3.05, 3.63) is 71.5 Å². The fourth-order valence-electron chi connectivity index (χ4n) is 2.98. The van der Waals surface area contributed by atoms with Crippen molar-refractivity contribution in [2.24, 2.45) is 4.99 Å². The zero-order valence-corrected chi connectivity index (χ0v) is 18.9. The molecule has 5 nitrogen and oxygen atoms in total. The van der Waals surface area contributed by atoms with E-state index in [1.165, 1.54) is 10.9 Å². The van der Waals surface area contributed by atoms with Crippen molar-refractivity contribution >= 4 is 40.7 Å². The Morgan fingerprint density at radius 1 is 1.11 bits per heavy atom. The fraction of sp³-hybridized carbons (Fsp3) is 0.273. The summed E-state index contributed by atoms with van der Waals surface area (Å²) in [7, 11) is 1.69. The molecule has 0 bridgehead atoms. The molecule has 0 amide bonds. The van der Waals surface area contributed by atoms with Crippen LogP contribution in [0.5, 0.6) is 5.75 Å². The van der Waals surface area contributed by atoms with Gasteiger partial charge < -0.3 is 15.4 Å². The van der Waals surface area contributed by atoms with Gasteiger partial charge in [0.2, 0.25) is 0 Å². The average molecular weight is 490 g/mol. The lowest BCUT2D eigenvalue weighted by Crippen LogP contribution is -2.37. The first-order chi connectivity index (χ1) is 13.2. The molecule has 0 atom stereocenters. The predicted molar refractivity (Wildman–Crippen MR) is 127 cm³/mol. The van der Waals surface area contributed by atoms with Gasteiger partial charge in [-0.25, -0.2) is 4.99 Å². The lowest BCUT2D eigenvalue weighted by Gasteiger charge is -2.13. The number of fused-ring (bicyclic) bond motifs is 1. The Hall–Kier alpha value is -2.35. The maximum Gasteiger partial charge on any atom is 0.191 e. The third-order valence-electron chi connectivity index (χ3n) is 4.37. The van der Waals surface area contributed by atoms with E-state index in [0.29, 0.717) is 13.1 Å². The van der Waals surface area contributed by atoms with Crippen molar-refractivity contribution in [1.29, 1.82) is 0 Å². The van der Waals surface area contributed by atoms with Crippen LogP contribution in [0.4, 0.5) is 0 Å². The molecular weight excluding hydrogens is 463 g/mol. The summed E-state index contributed by atoms with van der Waals surface area (Å²) in [6, 6.07) is 16.5. The Morgan fingerprint density at radius 3 is 2.71 bits per heavy atom. The molecular formula is C22H27IN4O. The fourth-order valence-corrected chi connectivity index (χ4v) is 2.98. The number of benzene rings is 2. The number of halogens is 1. The summed E-state index contributed by atoms with van der Waals surface area (Å²) in [4.78, 5) is 9.23. The highest BCUT2D eigenvalue weighted by molar-refractivity contribution is 14.0. The van der Waals surface area contributed by atoms with E-state index in [0.717, 1.165) is 34.9 Å². The van der Waals surface area contributed by atoms with E-state index in [-0.39, 0.29) is 24.0 Å². The molecule has 0 aliphatic heterocycles. The summed E-state index contributed by atoms with van der Waals surface area (Å²) >= 11 is 0. The van der Waals surface area contributed by atoms with Crippen molar-refractivity contribution in [2.75, 3.05) is 13.7 Å². The first kappa shape index (κ1) is 21.9. The topological polar surface area (TPSA) is 58.5 Å². The molecule has 0 aliphatic rings. The van der Waals surface area contributed by atoms with Crippen LogP contribution in [0.1, 0.15) is 23.7 Å². The molecule has 0 fully saturated rings. The largest absolute Gasteiger partial charge is 0.496 e. The summed E-state index contributed by atoms with van der Waals surface area (Å²) < 4.78 is 5.48. The first-order valence-corrected chi connectivity index (χ1v) is 9.19. The SMILES string of the molecule is CCNC(=NCc1ccc(C)cc1OC)NCc1nccc2ccccc12.I. The van der Waals surface area contributed by atoms with Crippen LogP contribution in [0.2, 0.25) is 0 Å². The van der Waals surface area contributed by atoms with Gasteiger partial charge in [0, 0.05) is 23.7 Å². The third-order valence-corrected chi connectivity index (χ3v) is 4.37. The number of methoxy groups -OCH3 is 1. The number of ether oxygens (including phenoxy) is 1. The first-order valence-electron chi connectivity index (χ1n) is 9.19. The average Bonchev–Trinajstić information content (AvgIpc) is 2.70. The second-order valence-corrected chi connectivity index (χ2v) is 6.34. The lowest BCUT2D eigenvalue weighted by molar-refractivity contribution is 0.409. The minimum Gasteiger partial charge on any atom is -0.496 e. The number of hydrogen-bond donors (Lipinski definition) is 2. The van der Waals surface area contributed by atoms with Crippen molar-refractivity contribution in [1.82, 2.24) is 15.6 Å². The number of aliphatic imine (C=N–C) groups is 1. The van der Waals surface area contributed by atoms with E-state index in [1.807, 2.05) is 30.5 Å². The van der Waals surface area contributed by atoms with Crippen molar-refractivity contribution in [2.45, 2.75) is 26.9 Å². The minimum absolute atomic E-state index is 0. The molecule has 0 saturated carbocycles. The molecule has 0 spiro atoms. The van der Waals surface area contributed by atoms with Gasteiger partial charge in [-0.05, 0) is 36.9 Å². The molecule has 0 radical (unpaired) electrons. The highest BCUT2D eigenvalue weighted by atomic mass is 127. The van der Waals surface area contributed by atoms with Crippen LogP contribution in [0, 0.1) is 6.92 Å². The van der Waals surface area contributed by atoms with Crippen LogP contribution in [-0.2, 0) is 13.1 Å². The molecule has 0 saturated heterocycles. The number of hydrogen-bond acceptors (Lipinski definition) is 3. The van der Waals surface area contributed by atoms with Gasteiger partial charge in [0.15, 0.2) is 5.96 Å². The molecule has 28 heavy (non-hydrogen) atoms. The quantitative estimate of drug-likeness (QED) is 0.305. The molecule has 3 rings (SSSR count). The number of nitrogens with zero attached hydrogens (tertiary/aromatic N) is 2. The highest BCUT2D eigenvalue weighted by Crippen LogP contribution is 2.20. The Bertz CT molecular complexity index is 937. The Balaban J connectivity index is 0.00000280. The van der Waals surface area contributed by atoms with E-state index < -0.39 is 0 Å². The second kappa shape index (κ2) is 10.8. The molecule has 1 heterocycles. The van der Waals surface area contributed by atoms with Gasteiger partial charge in [-0.15, -0.1) is 24.0 Å². The Morgan fingerprint density at radius 2 is 1.93 bits per heavy atom. The summed E-state index contributed by atoms with van der Waals surface area (Å²) in [6.45, 7) is 6.05. The van der Waals surface area contributed by atoms with Crippen molar-refractivity contribution < 1.29 is 4.74 Å². The van der Waals surface area contributed by atoms with Gasteiger partial charge in [0.05, 0.1) is 25.9 Å². The standard InChI is InChI=1S/C22H26N4O.HI/c1-4-23-22(25-14-18-10-9-16(2)13-21(18)27-3)26-15-20-19-8-6-5-7-17(19)11-12-24-20;/h5-13H,4,14-15H2,1-3H3,(H2,23,25,26);1H. The van der Waals surface area contributed by atoms with Crippen LogP contribution in [0.15, 0.2) is 59.7 Å². The van der Waals surface area contributed by atoms with Crippen LogP contribution in [0.25, 0.3) is 10.8 Å². The van der Waals surface area contributed by atoms with Crippen molar-refractivity contribution in [3.8, 4) is 5.75 Å². The van der Waals surface area contributed by atoms with E-state index in [9.17, 15) is 0 Å². The van der Waals surface area contributed by atoms with Crippen LogP contribution in [0.3, 0.4) is 0 Å². The third kappa shape index (κ3) is 5.58. The molecule has 2 aromatic carbocycles. The van der Waals surface area contributed by atoms with Gasteiger partial charge >= 0.3 is 0 Å². The summed E-state index contributed by atoms with van der Waals surface area (Å²) in [5.74, 6) is 1.63. The van der Waals surface area contributed by atoms with E-state index in [2.05, 4.69) is 53.7 Å². The molecule has 0 aliphatic carbocycles. The normalized spacial score (nSPS) is 11.0. The maximum absolute atomic E-state index is 5.48. The number of aromatic nitrogens is 1. The molecule has 0 unspecified atom stereocenters. The minimum atomic E-state index is 0. The van der Waals surface area contributed by atoms with Crippen LogP contribution >= 0.6 is 24.0 Å². The maximum atomic E-state index is 5.48. The molecule has 2 N–H and O–H groups in total. The van der Waals surface area contributed by atoms with Crippen LogP contribution in [-0.4, -0.2) is 24.6 Å². The highest BCUT2D eigenvalue weighted by Gasteiger charge is 2.06. The van der Waals surface area contributed by atoms with E-state index in [1.54, 1.807) is 7.11 Å². The second-order valence-electron chi connectivity index (χ2n) is 6.34. The predicted octanol–water partition coefficient (Wildman–Crippen LogP) is 4.43.